The minimum atomic E-state index is -0.626. The average molecular weight is 404 g/mol. The minimum Gasteiger partial charge on any atom is -0.394 e. The van der Waals surface area contributed by atoms with Gasteiger partial charge < -0.3 is 11.1 Å². The Labute approximate surface area is 172 Å². The third kappa shape index (κ3) is 3.85. The Balaban J connectivity index is 1.63. The van der Waals surface area contributed by atoms with E-state index >= 15 is 0 Å². The third-order valence-electron chi connectivity index (χ3n) is 4.98. The number of rotatable bonds is 7. The first kappa shape index (κ1) is 19.1. The van der Waals surface area contributed by atoms with Crippen molar-refractivity contribution in [3.05, 3.63) is 109 Å². The van der Waals surface area contributed by atoms with Crippen LogP contribution in [-0.2, 0) is 0 Å². The van der Waals surface area contributed by atoms with Crippen LogP contribution in [0.15, 0.2) is 81.7 Å². The first-order valence-corrected chi connectivity index (χ1v) is 10.2. The van der Waals surface area contributed by atoms with Crippen molar-refractivity contribution in [1.82, 2.24) is 5.32 Å². The Morgan fingerprint density at radius 2 is 1.66 bits per heavy atom. The lowest BCUT2D eigenvalue weighted by Crippen LogP contribution is -2.36. The van der Waals surface area contributed by atoms with Gasteiger partial charge in [0.15, 0.2) is 0 Å². The maximum absolute atomic E-state index is 11.7. The van der Waals surface area contributed by atoms with Crippen LogP contribution in [0, 0.1) is 0 Å². The normalized spacial score (nSPS) is 13.3. The number of nitrogens with two attached hydrogens (primary N) is 1. The second-order valence-corrected chi connectivity index (χ2v) is 7.92. The fourth-order valence-corrected chi connectivity index (χ4v) is 4.17. The van der Waals surface area contributed by atoms with Crippen LogP contribution in [0.5, 0.6) is 0 Å². The first-order chi connectivity index (χ1) is 14.0. The van der Waals surface area contributed by atoms with Crippen molar-refractivity contribution >= 4 is 28.4 Å². The summed E-state index contributed by atoms with van der Waals surface area (Å²) >= 11 is 1.69. The SMILES string of the molecule is C[C@@H](NC(c1cccc(Nc2c(N)c(=O)c2=O)c1)c1cccs1)c1ccccc1. The molecule has 1 aromatic heterocycles. The largest absolute Gasteiger partial charge is 0.394 e. The Hall–Kier alpha value is -3.22. The van der Waals surface area contributed by atoms with Crippen LogP contribution in [0.4, 0.5) is 17.1 Å². The molecule has 29 heavy (non-hydrogen) atoms. The fourth-order valence-electron chi connectivity index (χ4n) is 3.36. The van der Waals surface area contributed by atoms with E-state index in [9.17, 15) is 9.59 Å². The number of benzene rings is 2. The van der Waals surface area contributed by atoms with Gasteiger partial charge in [-0.25, -0.2) is 0 Å². The number of nitrogen functional groups attached to an aromatic ring is 1. The summed E-state index contributed by atoms with van der Waals surface area (Å²) in [5.74, 6) is 0. The standard InChI is InChI=1S/C23H21N3O2S/c1-14(15-7-3-2-4-8-15)25-20(18-11-6-12-29-18)16-9-5-10-17(13-16)26-21-19(24)22(27)23(21)28/h2-14,20,25-26H,24H2,1H3/t14-,20?/m1/s1. The Bertz CT molecular complexity index is 1180. The van der Waals surface area contributed by atoms with Crippen LogP contribution >= 0.6 is 11.3 Å². The van der Waals surface area contributed by atoms with Gasteiger partial charge in [0, 0.05) is 16.6 Å². The predicted octanol–water partition coefficient (Wildman–Crippen LogP) is 4.11. The fraction of sp³-hybridized carbons (Fsp3) is 0.130. The Morgan fingerprint density at radius 3 is 2.34 bits per heavy atom. The zero-order valence-corrected chi connectivity index (χ0v) is 16.7. The average Bonchev–Trinajstić information content (AvgIpc) is 3.30. The van der Waals surface area contributed by atoms with Gasteiger partial charge in [-0.15, -0.1) is 11.3 Å². The molecule has 0 radical (unpaired) electrons. The van der Waals surface area contributed by atoms with Crippen LogP contribution < -0.4 is 27.2 Å². The molecule has 0 bridgehead atoms. The summed E-state index contributed by atoms with van der Waals surface area (Å²) in [7, 11) is 0. The van der Waals surface area contributed by atoms with E-state index in [1.165, 1.54) is 10.4 Å². The molecular weight excluding hydrogens is 382 g/mol. The minimum absolute atomic E-state index is 0.00830. The highest BCUT2D eigenvalue weighted by Crippen LogP contribution is 2.31. The van der Waals surface area contributed by atoms with E-state index in [-0.39, 0.29) is 23.5 Å². The lowest BCUT2D eigenvalue weighted by atomic mass is 10.0. The molecule has 0 spiro atoms. The highest BCUT2D eigenvalue weighted by Gasteiger charge is 2.21. The van der Waals surface area contributed by atoms with Gasteiger partial charge in [-0.05, 0) is 41.6 Å². The maximum atomic E-state index is 11.7. The molecule has 4 N–H and O–H groups in total. The molecule has 0 amide bonds. The molecule has 0 aliphatic carbocycles. The molecule has 3 aromatic carbocycles. The summed E-state index contributed by atoms with van der Waals surface area (Å²) in [6.07, 6.45) is 0. The highest BCUT2D eigenvalue weighted by atomic mass is 32.1. The molecule has 0 aliphatic rings. The van der Waals surface area contributed by atoms with E-state index in [0.717, 1.165) is 11.3 Å². The van der Waals surface area contributed by atoms with Crippen LogP contribution in [-0.4, -0.2) is 0 Å². The van der Waals surface area contributed by atoms with E-state index in [0.29, 0.717) is 0 Å². The molecular formula is C23H21N3O2S. The highest BCUT2D eigenvalue weighted by molar-refractivity contribution is 7.10. The summed E-state index contributed by atoms with van der Waals surface area (Å²) < 4.78 is 0. The molecule has 5 nitrogen and oxygen atoms in total. The lowest BCUT2D eigenvalue weighted by molar-refractivity contribution is 0.521. The smallest absolute Gasteiger partial charge is 0.253 e. The van der Waals surface area contributed by atoms with Gasteiger partial charge in [0.1, 0.15) is 11.4 Å². The summed E-state index contributed by atoms with van der Waals surface area (Å²) in [4.78, 5) is 24.3. The van der Waals surface area contributed by atoms with E-state index < -0.39 is 10.9 Å². The molecule has 0 aliphatic heterocycles. The van der Waals surface area contributed by atoms with Crippen LogP contribution in [0.3, 0.4) is 0 Å². The number of hydrogen-bond donors (Lipinski definition) is 3. The molecule has 4 aromatic rings. The molecule has 146 valence electrons. The zero-order chi connectivity index (χ0) is 20.4. The van der Waals surface area contributed by atoms with E-state index in [2.05, 4.69) is 41.1 Å². The summed E-state index contributed by atoms with van der Waals surface area (Å²) in [6.45, 7) is 2.14. The van der Waals surface area contributed by atoms with Gasteiger partial charge in [0.25, 0.3) is 10.9 Å². The number of hydrogen-bond acceptors (Lipinski definition) is 6. The summed E-state index contributed by atoms with van der Waals surface area (Å²) in [5, 5.41) is 8.76. The van der Waals surface area contributed by atoms with Gasteiger partial charge in [-0.3, -0.25) is 14.9 Å². The first-order valence-electron chi connectivity index (χ1n) is 9.34. The van der Waals surface area contributed by atoms with Gasteiger partial charge in [-0.1, -0.05) is 48.5 Å². The molecule has 4 rings (SSSR count). The van der Waals surface area contributed by atoms with Gasteiger partial charge in [-0.2, -0.15) is 0 Å². The molecule has 0 saturated heterocycles. The van der Waals surface area contributed by atoms with Crippen molar-refractivity contribution < 1.29 is 0 Å². The predicted molar refractivity (Wildman–Crippen MR) is 120 cm³/mol. The summed E-state index contributed by atoms with van der Waals surface area (Å²) in [6, 6.07) is 22.4. The van der Waals surface area contributed by atoms with E-state index in [1.807, 2.05) is 48.5 Å². The molecule has 6 heteroatoms. The van der Waals surface area contributed by atoms with Crippen LogP contribution in [0.25, 0.3) is 0 Å². The van der Waals surface area contributed by atoms with Gasteiger partial charge in [0.05, 0.1) is 6.04 Å². The molecule has 1 heterocycles. The van der Waals surface area contributed by atoms with Crippen molar-refractivity contribution in [2.45, 2.75) is 19.0 Å². The topological polar surface area (TPSA) is 84.2 Å². The van der Waals surface area contributed by atoms with Crippen molar-refractivity contribution in [3.8, 4) is 0 Å². The number of anilines is 3. The van der Waals surface area contributed by atoms with Crippen LogP contribution in [0.2, 0.25) is 0 Å². The number of nitrogens with one attached hydrogen (secondary N) is 2. The zero-order valence-electron chi connectivity index (χ0n) is 15.9. The Kier molecular flexibility index (Phi) is 5.29. The quantitative estimate of drug-likeness (QED) is 0.405. The van der Waals surface area contributed by atoms with Crippen LogP contribution in [0.1, 0.15) is 35.0 Å². The lowest BCUT2D eigenvalue weighted by Gasteiger charge is -2.24. The van der Waals surface area contributed by atoms with Crippen molar-refractivity contribution in [3.63, 3.8) is 0 Å². The maximum Gasteiger partial charge on any atom is 0.253 e. The molecule has 0 fully saturated rings. The second kappa shape index (κ2) is 8.03. The van der Waals surface area contributed by atoms with Crippen molar-refractivity contribution in [1.29, 1.82) is 0 Å². The number of thiophene rings is 1. The van der Waals surface area contributed by atoms with Gasteiger partial charge >= 0.3 is 0 Å². The van der Waals surface area contributed by atoms with E-state index in [1.54, 1.807) is 11.3 Å². The summed E-state index contributed by atoms with van der Waals surface area (Å²) in [5.41, 5.74) is 7.59. The van der Waals surface area contributed by atoms with Crippen molar-refractivity contribution in [2.75, 3.05) is 11.1 Å². The second-order valence-electron chi connectivity index (χ2n) is 6.94. The monoisotopic (exact) mass is 403 g/mol. The van der Waals surface area contributed by atoms with Gasteiger partial charge in [0.2, 0.25) is 0 Å². The Morgan fingerprint density at radius 1 is 0.897 bits per heavy atom. The molecule has 2 atom stereocenters. The third-order valence-corrected chi connectivity index (χ3v) is 5.92. The molecule has 1 unspecified atom stereocenters. The van der Waals surface area contributed by atoms with E-state index in [4.69, 9.17) is 5.73 Å². The van der Waals surface area contributed by atoms with Crippen molar-refractivity contribution in [2.24, 2.45) is 0 Å². The molecule has 0 saturated carbocycles.